The molecule has 2 N–H and O–H groups in total. The zero-order chi connectivity index (χ0) is 19.6. The van der Waals surface area contributed by atoms with Crippen LogP contribution in [0.15, 0.2) is 29.3 Å². The molecule has 3 unspecified atom stereocenters. The summed E-state index contributed by atoms with van der Waals surface area (Å²) in [6.07, 6.45) is 2.12. The Hall–Kier alpha value is -2.30. The smallest absolute Gasteiger partial charge is 0.191 e. The molecule has 27 heavy (non-hydrogen) atoms. The number of nitrogens with one attached hydrogen (secondary N) is 2. The molecule has 0 saturated heterocycles. The highest BCUT2D eigenvalue weighted by molar-refractivity contribution is 5.81. The van der Waals surface area contributed by atoms with Gasteiger partial charge in [0.2, 0.25) is 0 Å². The lowest BCUT2D eigenvalue weighted by atomic mass is 10.0. The Morgan fingerprint density at radius 2 is 2.04 bits per heavy atom. The molecule has 3 atom stereocenters. The second-order valence-electron chi connectivity index (χ2n) is 7.80. The van der Waals surface area contributed by atoms with Crippen molar-refractivity contribution in [3.63, 3.8) is 0 Å². The molecule has 2 aromatic rings. The van der Waals surface area contributed by atoms with Gasteiger partial charge in [-0.25, -0.2) is 0 Å². The van der Waals surface area contributed by atoms with Crippen molar-refractivity contribution >= 4 is 5.96 Å². The third-order valence-corrected chi connectivity index (χ3v) is 5.57. The van der Waals surface area contributed by atoms with Crippen LogP contribution in [0.5, 0.6) is 0 Å². The standard InChI is InChI=1S/C22H33N5/c1-7-23-22(24-15(3)12-19-16(4)26-27(6)17(19)5)25-21-13-20(21)18-11-9-8-10-14(18)2/h8-11,15,20-21H,7,12-13H2,1-6H3,(H2,23,24,25). The topological polar surface area (TPSA) is 54.2 Å². The minimum Gasteiger partial charge on any atom is -0.354 e. The maximum Gasteiger partial charge on any atom is 0.191 e. The molecule has 0 radical (unpaired) electrons. The molecule has 0 spiro atoms. The first-order valence-electron chi connectivity index (χ1n) is 10.0. The zero-order valence-corrected chi connectivity index (χ0v) is 17.5. The lowest BCUT2D eigenvalue weighted by Gasteiger charge is -2.19. The number of hydrogen-bond donors (Lipinski definition) is 2. The summed E-state index contributed by atoms with van der Waals surface area (Å²) in [7, 11) is 2.01. The number of aliphatic imine (C=N–C) groups is 1. The minimum atomic E-state index is 0.292. The predicted molar refractivity (Wildman–Crippen MR) is 112 cm³/mol. The highest BCUT2D eigenvalue weighted by atomic mass is 15.3. The summed E-state index contributed by atoms with van der Waals surface area (Å²) in [5.41, 5.74) is 6.53. The van der Waals surface area contributed by atoms with Crippen LogP contribution in [0.4, 0.5) is 0 Å². The molecule has 5 heteroatoms. The van der Waals surface area contributed by atoms with E-state index in [2.05, 4.69) is 79.6 Å². The summed E-state index contributed by atoms with van der Waals surface area (Å²) in [6, 6.07) is 9.46. The van der Waals surface area contributed by atoms with Crippen molar-refractivity contribution in [1.29, 1.82) is 0 Å². The Kier molecular flexibility index (Phi) is 5.88. The molecule has 1 aliphatic carbocycles. The fourth-order valence-electron chi connectivity index (χ4n) is 3.87. The van der Waals surface area contributed by atoms with Gasteiger partial charge in [0.25, 0.3) is 0 Å². The molecule has 1 aromatic heterocycles. The summed E-state index contributed by atoms with van der Waals surface area (Å²) in [6.45, 7) is 11.5. The van der Waals surface area contributed by atoms with Gasteiger partial charge in [0, 0.05) is 37.3 Å². The van der Waals surface area contributed by atoms with Gasteiger partial charge in [0.15, 0.2) is 5.96 Å². The summed E-state index contributed by atoms with van der Waals surface area (Å²) < 4.78 is 1.97. The minimum absolute atomic E-state index is 0.292. The van der Waals surface area contributed by atoms with Crippen LogP contribution in [-0.4, -0.2) is 34.4 Å². The van der Waals surface area contributed by atoms with E-state index < -0.39 is 0 Å². The van der Waals surface area contributed by atoms with Crippen molar-refractivity contribution in [2.45, 2.75) is 65.5 Å². The first-order valence-corrected chi connectivity index (χ1v) is 10.0. The number of aryl methyl sites for hydroxylation is 3. The van der Waals surface area contributed by atoms with Crippen LogP contribution in [0, 0.1) is 20.8 Å². The summed E-state index contributed by atoms with van der Waals surface area (Å²) in [5.74, 6) is 1.51. The molecule has 0 bridgehead atoms. The van der Waals surface area contributed by atoms with Crippen molar-refractivity contribution in [3.05, 3.63) is 52.3 Å². The number of rotatable bonds is 6. The molecule has 1 aromatic carbocycles. The van der Waals surface area contributed by atoms with Gasteiger partial charge in [-0.15, -0.1) is 0 Å². The average molecular weight is 368 g/mol. The number of aromatic nitrogens is 2. The molecule has 1 saturated carbocycles. The van der Waals surface area contributed by atoms with Crippen molar-refractivity contribution in [2.24, 2.45) is 12.0 Å². The molecule has 0 aliphatic heterocycles. The van der Waals surface area contributed by atoms with Crippen LogP contribution >= 0.6 is 0 Å². The summed E-state index contributed by atoms with van der Waals surface area (Å²) in [5, 5.41) is 11.8. The average Bonchev–Trinajstić information content (AvgIpc) is 3.33. The number of guanidine groups is 1. The molecule has 5 nitrogen and oxygen atoms in total. The summed E-state index contributed by atoms with van der Waals surface area (Å²) >= 11 is 0. The van der Waals surface area contributed by atoms with E-state index in [9.17, 15) is 0 Å². The Morgan fingerprint density at radius 1 is 1.30 bits per heavy atom. The highest BCUT2D eigenvalue weighted by Gasteiger charge is 2.39. The summed E-state index contributed by atoms with van der Waals surface area (Å²) in [4.78, 5) is 4.66. The second-order valence-corrected chi connectivity index (χ2v) is 7.80. The van der Waals surface area contributed by atoms with Gasteiger partial charge in [-0.3, -0.25) is 9.67 Å². The van der Waals surface area contributed by atoms with Gasteiger partial charge >= 0.3 is 0 Å². The SMILES string of the molecule is CCN=C(NC(C)Cc1c(C)nn(C)c1C)NC1CC1c1ccccc1C. The van der Waals surface area contributed by atoms with Gasteiger partial charge in [-0.05, 0) is 64.2 Å². The maximum absolute atomic E-state index is 4.66. The molecule has 0 amide bonds. The van der Waals surface area contributed by atoms with E-state index in [4.69, 9.17) is 0 Å². The lowest BCUT2D eigenvalue weighted by molar-refractivity contribution is 0.632. The first-order chi connectivity index (χ1) is 12.9. The van der Waals surface area contributed by atoms with E-state index in [1.54, 1.807) is 0 Å². The van der Waals surface area contributed by atoms with E-state index in [-0.39, 0.29) is 0 Å². The van der Waals surface area contributed by atoms with Crippen LogP contribution in [0.25, 0.3) is 0 Å². The van der Waals surface area contributed by atoms with Gasteiger partial charge in [0.05, 0.1) is 5.69 Å². The fraction of sp³-hybridized carbons (Fsp3) is 0.545. The Labute approximate surface area is 163 Å². The third kappa shape index (κ3) is 4.52. The Balaban J connectivity index is 1.60. The predicted octanol–water partition coefficient (Wildman–Crippen LogP) is 3.39. The highest BCUT2D eigenvalue weighted by Crippen LogP contribution is 2.42. The number of nitrogens with zero attached hydrogens (tertiary/aromatic N) is 3. The Bertz CT molecular complexity index is 820. The van der Waals surface area contributed by atoms with Gasteiger partial charge in [-0.1, -0.05) is 24.3 Å². The van der Waals surface area contributed by atoms with E-state index in [1.807, 2.05) is 11.7 Å². The molecule has 3 rings (SSSR count). The number of hydrogen-bond acceptors (Lipinski definition) is 2. The van der Waals surface area contributed by atoms with Crippen molar-refractivity contribution < 1.29 is 0 Å². The van der Waals surface area contributed by atoms with Crippen molar-refractivity contribution in [1.82, 2.24) is 20.4 Å². The third-order valence-electron chi connectivity index (χ3n) is 5.57. The monoisotopic (exact) mass is 367 g/mol. The van der Waals surface area contributed by atoms with Crippen molar-refractivity contribution in [2.75, 3.05) is 6.54 Å². The van der Waals surface area contributed by atoms with Crippen LogP contribution < -0.4 is 10.6 Å². The maximum atomic E-state index is 4.66. The van der Waals surface area contributed by atoms with Gasteiger partial charge in [0.1, 0.15) is 0 Å². The first kappa shape index (κ1) is 19.5. The lowest BCUT2D eigenvalue weighted by Crippen LogP contribution is -2.44. The van der Waals surface area contributed by atoms with E-state index in [0.717, 1.165) is 24.6 Å². The van der Waals surface area contributed by atoms with Crippen LogP contribution in [0.3, 0.4) is 0 Å². The van der Waals surface area contributed by atoms with Gasteiger partial charge < -0.3 is 10.6 Å². The fourth-order valence-corrected chi connectivity index (χ4v) is 3.87. The van der Waals surface area contributed by atoms with Gasteiger partial charge in [-0.2, -0.15) is 5.10 Å². The van der Waals surface area contributed by atoms with Crippen LogP contribution in [0.2, 0.25) is 0 Å². The van der Waals surface area contributed by atoms with E-state index in [0.29, 0.717) is 18.0 Å². The molecule has 1 heterocycles. The van der Waals surface area contributed by atoms with E-state index >= 15 is 0 Å². The van der Waals surface area contributed by atoms with Crippen LogP contribution in [0.1, 0.15) is 54.3 Å². The Morgan fingerprint density at radius 3 is 2.67 bits per heavy atom. The normalized spacial score (nSPS) is 20.4. The molecule has 1 fully saturated rings. The molecular weight excluding hydrogens is 334 g/mol. The van der Waals surface area contributed by atoms with E-state index in [1.165, 1.54) is 28.8 Å². The number of benzene rings is 1. The molecular formula is C22H33N5. The largest absolute Gasteiger partial charge is 0.354 e. The van der Waals surface area contributed by atoms with Crippen LogP contribution in [-0.2, 0) is 13.5 Å². The zero-order valence-electron chi connectivity index (χ0n) is 17.5. The molecule has 1 aliphatic rings. The second kappa shape index (κ2) is 8.15. The molecule has 146 valence electrons. The van der Waals surface area contributed by atoms with Crippen molar-refractivity contribution in [3.8, 4) is 0 Å². The quantitative estimate of drug-likeness (QED) is 0.608.